The minimum atomic E-state index is -0.924. The Morgan fingerprint density at radius 2 is 1.98 bits per heavy atom. The number of aromatic nitrogens is 1. The monoisotopic (exact) mass is 663 g/mol. The van der Waals surface area contributed by atoms with Crippen molar-refractivity contribution >= 4 is 47.0 Å². The van der Waals surface area contributed by atoms with Crippen LogP contribution in [0.15, 0.2) is 36.4 Å². The molecule has 0 bridgehead atoms. The Kier molecular flexibility index (Phi) is 10.1. The fraction of sp³-hybridized carbons (Fsp3) is 0.571. The van der Waals surface area contributed by atoms with E-state index in [-0.39, 0.29) is 36.1 Å². The Hall–Kier alpha value is -3.64. The number of nitrogens with zero attached hydrogens (tertiary/aromatic N) is 2. The summed E-state index contributed by atoms with van der Waals surface area (Å²) in [6, 6.07) is 5.21. The van der Waals surface area contributed by atoms with E-state index < -0.39 is 29.6 Å². The fourth-order valence-electron chi connectivity index (χ4n) is 6.98. The van der Waals surface area contributed by atoms with Crippen LogP contribution in [0.1, 0.15) is 88.8 Å². The van der Waals surface area contributed by atoms with E-state index in [1.807, 2.05) is 30.3 Å². The zero-order valence-corrected chi connectivity index (χ0v) is 27.8. The number of hydrogen-bond donors (Lipinski definition) is 4. The third kappa shape index (κ3) is 7.43. The zero-order chi connectivity index (χ0) is 33.0. The molecule has 4 atom stereocenters. The number of fused-ring (bicyclic) bond motifs is 4. The lowest BCUT2D eigenvalue weighted by Crippen LogP contribution is -2.55. The number of hydrogen-bond acceptors (Lipinski definition) is 8. The summed E-state index contributed by atoms with van der Waals surface area (Å²) in [7, 11) is 0. The van der Waals surface area contributed by atoms with Gasteiger partial charge in [0.15, 0.2) is 0 Å². The molecule has 1 aromatic heterocycles. The molecule has 47 heavy (non-hydrogen) atoms. The van der Waals surface area contributed by atoms with Crippen LogP contribution in [0, 0.1) is 0 Å². The van der Waals surface area contributed by atoms with Gasteiger partial charge in [-0.05, 0) is 76.3 Å². The third-order valence-electron chi connectivity index (χ3n) is 10.0. The van der Waals surface area contributed by atoms with Gasteiger partial charge in [0.25, 0.3) is 5.91 Å². The van der Waals surface area contributed by atoms with Crippen molar-refractivity contribution in [2.45, 2.75) is 119 Å². The summed E-state index contributed by atoms with van der Waals surface area (Å²) in [5.74, 6) is -0.550. The van der Waals surface area contributed by atoms with E-state index in [0.717, 1.165) is 61.4 Å². The number of pyridine rings is 1. The largest absolute Gasteiger partial charge is 0.483 e. The Morgan fingerprint density at radius 1 is 1.17 bits per heavy atom. The van der Waals surface area contributed by atoms with Crippen molar-refractivity contribution in [2.75, 3.05) is 6.54 Å². The number of carbonyl (C=O) groups excluding carboxylic acids is 4. The Labute approximate surface area is 279 Å². The molecule has 0 radical (unpaired) electrons. The average molecular weight is 664 g/mol. The highest BCUT2D eigenvalue weighted by molar-refractivity contribution is 7.99. The van der Waals surface area contributed by atoms with Crippen molar-refractivity contribution in [2.24, 2.45) is 0 Å². The van der Waals surface area contributed by atoms with E-state index in [2.05, 4.69) is 33.3 Å². The highest BCUT2D eigenvalue weighted by Crippen LogP contribution is 2.47. The molecule has 1 aromatic carbocycles. The molecule has 1 unspecified atom stereocenters. The maximum atomic E-state index is 14.2. The molecule has 4 N–H and O–H groups in total. The molecule has 11 nitrogen and oxygen atoms in total. The van der Waals surface area contributed by atoms with Crippen LogP contribution < -0.4 is 20.1 Å². The van der Waals surface area contributed by atoms with Crippen molar-refractivity contribution in [3.8, 4) is 5.75 Å². The lowest BCUT2D eigenvalue weighted by Gasteiger charge is -2.37. The molecule has 12 heteroatoms. The molecule has 1 spiro atoms. The van der Waals surface area contributed by atoms with E-state index in [0.29, 0.717) is 43.5 Å². The number of aryl methyl sites for hydroxylation is 1. The lowest BCUT2D eigenvalue weighted by molar-refractivity contribution is -0.141. The summed E-state index contributed by atoms with van der Waals surface area (Å²) in [5, 5.41) is 16.9. The maximum absolute atomic E-state index is 14.2. The van der Waals surface area contributed by atoms with Gasteiger partial charge in [0, 0.05) is 22.1 Å². The van der Waals surface area contributed by atoms with E-state index >= 15 is 0 Å². The maximum Gasteiger partial charge on any atom is 0.252 e. The van der Waals surface area contributed by atoms with E-state index in [1.54, 1.807) is 0 Å². The van der Waals surface area contributed by atoms with Crippen LogP contribution in [0.3, 0.4) is 0 Å². The number of allylic oxidation sites excluding steroid dienone is 1. The quantitative estimate of drug-likeness (QED) is 0.208. The standard InChI is InChI=1S/C35H45N5O6S/c1-34(17-18-34)47-39-31(43)26-13-7-5-3-2-4-6-8-14-27(36-22-42)33(45)40-21-35(19-29(40)32(44)38-26)16-15-24-23-11-9-10-12-25(23)37-28(20-41)30(24)46-35/h5,7,9-12,22,26-27,29,41H,2-4,6,8,13-21H2,1H3,(H,36,42)(H,38,44)(H,39,43)/b7-5-/t26?,27-,29-,35+/m0/s1. The highest BCUT2D eigenvalue weighted by atomic mass is 32.2. The summed E-state index contributed by atoms with van der Waals surface area (Å²) in [5.41, 5.74) is 1.23. The highest BCUT2D eigenvalue weighted by Gasteiger charge is 2.53. The number of amides is 4. The van der Waals surface area contributed by atoms with Crippen molar-refractivity contribution in [1.82, 2.24) is 25.2 Å². The van der Waals surface area contributed by atoms with Gasteiger partial charge < -0.3 is 25.4 Å². The van der Waals surface area contributed by atoms with Gasteiger partial charge in [-0.3, -0.25) is 23.9 Å². The predicted octanol–water partition coefficient (Wildman–Crippen LogP) is 3.61. The molecule has 6 rings (SSSR count). The molecule has 3 aliphatic heterocycles. The molecule has 2 fully saturated rings. The van der Waals surface area contributed by atoms with Crippen LogP contribution >= 0.6 is 11.9 Å². The van der Waals surface area contributed by atoms with Crippen LogP contribution in [-0.2, 0) is 32.2 Å². The van der Waals surface area contributed by atoms with Crippen LogP contribution in [-0.4, -0.2) is 74.1 Å². The van der Waals surface area contributed by atoms with E-state index in [9.17, 15) is 24.3 Å². The molecule has 252 valence electrons. The Bertz CT molecular complexity index is 1550. The summed E-state index contributed by atoms with van der Waals surface area (Å²) in [6.45, 7) is 1.91. The summed E-state index contributed by atoms with van der Waals surface area (Å²) in [4.78, 5) is 59.6. The number of ether oxygens (including phenoxy) is 1. The second-order valence-corrected chi connectivity index (χ2v) is 15.0. The Morgan fingerprint density at radius 3 is 2.77 bits per heavy atom. The van der Waals surface area contributed by atoms with Gasteiger partial charge in [-0.15, -0.1) is 0 Å². The molecule has 4 amide bonds. The van der Waals surface area contributed by atoms with Crippen LogP contribution in [0.4, 0.5) is 0 Å². The molecule has 2 aromatic rings. The van der Waals surface area contributed by atoms with Crippen LogP contribution in [0.2, 0.25) is 0 Å². The zero-order valence-electron chi connectivity index (χ0n) is 27.0. The molecule has 4 heterocycles. The SMILES string of the molecule is CC1(SNC(=O)C2C/C=C\CCCCCC[C@H](NC=O)C(=O)N3C[C@@]4(CCc5c(c(CO)nc6ccccc56)O4)C[C@H]3C(=O)N2)CC1. The van der Waals surface area contributed by atoms with Gasteiger partial charge in [-0.1, -0.05) is 49.6 Å². The number of nitrogens with one attached hydrogen (secondary N) is 3. The molecule has 1 aliphatic carbocycles. The first-order chi connectivity index (χ1) is 22.7. The average Bonchev–Trinajstić information content (AvgIpc) is 3.71. The second-order valence-electron chi connectivity index (χ2n) is 13.6. The minimum Gasteiger partial charge on any atom is -0.483 e. The summed E-state index contributed by atoms with van der Waals surface area (Å²) < 4.78 is 9.72. The normalized spacial score (nSPS) is 28.5. The second kappa shape index (κ2) is 14.2. The van der Waals surface area contributed by atoms with Crippen molar-refractivity contribution in [3.05, 3.63) is 47.7 Å². The molecular weight excluding hydrogens is 618 g/mol. The predicted molar refractivity (Wildman–Crippen MR) is 179 cm³/mol. The first kappa shape index (κ1) is 33.3. The number of carbonyl (C=O) groups is 4. The number of aliphatic hydroxyl groups excluding tert-OH is 1. The molecule has 4 aliphatic rings. The smallest absolute Gasteiger partial charge is 0.252 e. The summed E-state index contributed by atoms with van der Waals surface area (Å²) >= 11 is 1.40. The van der Waals surface area contributed by atoms with E-state index in [1.165, 1.54) is 16.8 Å². The minimum absolute atomic E-state index is 0.0255. The van der Waals surface area contributed by atoms with Crippen molar-refractivity contribution in [3.63, 3.8) is 0 Å². The van der Waals surface area contributed by atoms with Crippen LogP contribution in [0.25, 0.3) is 10.9 Å². The third-order valence-corrected chi connectivity index (χ3v) is 11.2. The number of aliphatic hydroxyl groups is 1. The number of para-hydroxylation sites is 1. The van der Waals surface area contributed by atoms with Crippen molar-refractivity contribution < 1.29 is 29.0 Å². The number of benzene rings is 1. The molecule has 1 saturated heterocycles. The molecule has 1 saturated carbocycles. The first-order valence-corrected chi connectivity index (χ1v) is 17.7. The number of rotatable bonds is 6. The van der Waals surface area contributed by atoms with E-state index in [4.69, 9.17) is 4.74 Å². The van der Waals surface area contributed by atoms with Gasteiger partial charge in [0.1, 0.15) is 35.2 Å². The molecular formula is C35H45N5O6S. The van der Waals surface area contributed by atoms with Gasteiger partial charge in [0.2, 0.25) is 18.2 Å². The summed E-state index contributed by atoms with van der Waals surface area (Å²) in [6.07, 6.45) is 13.3. The van der Waals surface area contributed by atoms with Crippen LogP contribution in [0.5, 0.6) is 5.75 Å². The van der Waals surface area contributed by atoms with Crippen molar-refractivity contribution in [1.29, 1.82) is 0 Å². The van der Waals surface area contributed by atoms with Gasteiger partial charge in [-0.2, -0.15) is 0 Å². The van der Waals surface area contributed by atoms with Gasteiger partial charge in [-0.25, -0.2) is 4.98 Å². The van der Waals surface area contributed by atoms with Gasteiger partial charge >= 0.3 is 0 Å². The topological polar surface area (TPSA) is 150 Å². The van der Waals surface area contributed by atoms with Gasteiger partial charge in [0.05, 0.1) is 18.7 Å². The Balaban J connectivity index is 1.31. The first-order valence-electron chi connectivity index (χ1n) is 16.9. The lowest BCUT2D eigenvalue weighted by atomic mass is 9.87. The fourth-order valence-corrected chi connectivity index (χ4v) is 7.78.